The second-order valence-electron chi connectivity index (χ2n) is 3.13. The van der Waals surface area contributed by atoms with E-state index in [0.717, 1.165) is 10.9 Å². The van der Waals surface area contributed by atoms with Crippen LogP contribution in [0.25, 0.3) is 10.9 Å². The third-order valence-electron chi connectivity index (χ3n) is 2.06. The highest BCUT2D eigenvalue weighted by Gasteiger charge is 2.05. The topological polar surface area (TPSA) is 36.0 Å². The summed E-state index contributed by atoms with van der Waals surface area (Å²) in [4.78, 5) is 2.95. The number of aromatic amines is 1. The maximum absolute atomic E-state index is 12.8. The number of hydrogen-bond acceptors (Lipinski definition) is 1. The van der Waals surface area contributed by atoms with E-state index in [0.29, 0.717) is 5.69 Å². The third-order valence-corrected chi connectivity index (χ3v) is 2.06. The molecule has 1 atom stereocenters. The molecule has 0 saturated heterocycles. The van der Waals surface area contributed by atoms with E-state index in [4.69, 9.17) is 0 Å². The minimum absolute atomic E-state index is 0.272. The number of H-pyrrole nitrogens is 1. The van der Waals surface area contributed by atoms with Gasteiger partial charge in [-0.2, -0.15) is 0 Å². The van der Waals surface area contributed by atoms with Gasteiger partial charge in [0.15, 0.2) is 0 Å². The lowest BCUT2D eigenvalue weighted by Gasteiger charge is -1.97. The Labute approximate surface area is 75.0 Å². The number of fused-ring (bicyclic) bond motifs is 1. The third kappa shape index (κ3) is 1.42. The van der Waals surface area contributed by atoms with Crippen LogP contribution in [-0.4, -0.2) is 10.1 Å². The van der Waals surface area contributed by atoms with Gasteiger partial charge in [0.1, 0.15) is 5.82 Å². The highest BCUT2D eigenvalue weighted by molar-refractivity contribution is 5.80. The minimum Gasteiger partial charge on any atom is -0.387 e. The number of hydrogen-bond donors (Lipinski definition) is 2. The summed E-state index contributed by atoms with van der Waals surface area (Å²) in [5.41, 5.74) is 1.43. The molecule has 13 heavy (non-hydrogen) atoms. The fourth-order valence-corrected chi connectivity index (χ4v) is 1.35. The fourth-order valence-electron chi connectivity index (χ4n) is 1.35. The monoisotopic (exact) mass is 179 g/mol. The van der Waals surface area contributed by atoms with Crippen molar-refractivity contribution in [3.8, 4) is 0 Å². The molecule has 2 rings (SSSR count). The van der Waals surface area contributed by atoms with Gasteiger partial charge in [-0.3, -0.25) is 0 Å². The zero-order chi connectivity index (χ0) is 9.42. The summed E-state index contributed by atoms with van der Waals surface area (Å²) in [5.74, 6) is -0.272. The molecule has 2 aromatic rings. The van der Waals surface area contributed by atoms with Gasteiger partial charge in [-0.1, -0.05) is 0 Å². The molecular weight excluding hydrogens is 169 g/mol. The van der Waals surface area contributed by atoms with Crippen LogP contribution in [0.3, 0.4) is 0 Å². The largest absolute Gasteiger partial charge is 0.387 e. The van der Waals surface area contributed by atoms with Crippen LogP contribution >= 0.6 is 0 Å². The summed E-state index contributed by atoms with van der Waals surface area (Å²) in [6.07, 6.45) is -0.546. The second kappa shape index (κ2) is 2.85. The maximum atomic E-state index is 12.8. The molecule has 0 fully saturated rings. The van der Waals surface area contributed by atoms with E-state index in [1.165, 1.54) is 12.1 Å². The summed E-state index contributed by atoms with van der Waals surface area (Å²) in [6, 6.07) is 6.33. The number of halogens is 1. The van der Waals surface area contributed by atoms with E-state index in [1.807, 2.05) is 6.07 Å². The van der Waals surface area contributed by atoms with E-state index in [2.05, 4.69) is 4.98 Å². The van der Waals surface area contributed by atoms with Gasteiger partial charge in [-0.05, 0) is 36.6 Å². The molecule has 1 heterocycles. The first-order valence-corrected chi connectivity index (χ1v) is 4.13. The van der Waals surface area contributed by atoms with Crippen LogP contribution in [0.15, 0.2) is 24.3 Å². The molecular formula is C10H10FNO. The van der Waals surface area contributed by atoms with E-state index in [9.17, 15) is 9.50 Å². The van der Waals surface area contributed by atoms with Gasteiger partial charge in [-0.15, -0.1) is 0 Å². The Balaban J connectivity index is 2.62. The number of benzene rings is 1. The Morgan fingerprint density at radius 2 is 2.15 bits per heavy atom. The normalized spacial score (nSPS) is 13.5. The molecule has 0 aliphatic rings. The van der Waals surface area contributed by atoms with E-state index in [1.54, 1.807) is 13.0 Å². The molecule has 0 bridgehead atoms. The molecule has 2 nitrogen and oxygen atoms in total. The Morgan fingerprint density at radius 1 is 1.38 bits per heavy atom. The zero-order valence-corrected chi connectivity index (χ0v) is 7.21. The lowest BCUT2D eigenvalue weighted by molar-refractivity contribution is 0.195. The number of nitrogens with one attached hydrogen (secondary N) is 1. The standard InChI is InChI=1S/C10H10FNO/c1-6(13)9-4-7-2-3-8(11)5-10(7)12-9/h2-6,12-13H,1H3. The molecule has 3 heteroatoms. The highest BCUT2D eigenvalue weighted by atomic mass is 19.1. The Hall–Kier alpha value is -1.35. The van der Waals surface area contributed by atoms with Crippen LogP contribution in [0.1, 0.15) is 18.7 Å². The SMILES string of the molecule is CC(O)c1cc2ccc(F)cc2[nH]1. The van der Waals surface area contributed by atoms with Crippen molar-refractivity contribution in [2.75, 3.05) is 0 Å². The van der Waals surface area contributed by atoms with Crippen LogP contribution in [-0.2, 0) is 0 Å². The van der Waals surface area contributed by atoms with Gasteiger partial charge in [0.25, 0.3) is 0 Å². The minimum atomic E-state index is -0.546. The molecule has 0 aliphatic carbocycles. The maximum Gasteiger partial charge on any atom is 0.125 e. The smallest absolute Gasteiger partial charge is 0.125 e. The zero-order valence-electron chi connectivity index (χ0n) is 7.21. The quantitative estimate of drug-likeness (QED) is 0.692. The predicted molar refractivity (Wildman–Crippen MR) is 48.9 cm³/mol. The number of aliphatic hydroxyl groups is 1. The highest BCUT2D eigenvalue weighted by Crippen LogP contribution is 2.20. The Bertz CT molecular complexity index is 433. The Kier molecular flexibility index (Phi) is 1.81. The first kappa shape index (κ1) is 8.26. The molecule has 1 unspecified atom stereocenters. The fraction of sp³-hybridized carbons (Fsp3) is 0.200. The second-order valence-corrected chi connectivity index (χ2v) is 3.13. The van der Waals surface area contributed by atoms with Gasteiger partial charge in [0.2, 0.25) is 0 Å². The van der Waals surface area contributed by atoms with Gasteiger partial charge in [0.05, 0.1) is 6.10 Å². The van der Waals surface area contributed by atoms with Crippen LogP contribution in [0.4, 0.5) is 4.39 Å². The first-order chi connectivity index (χ1) is 6.16. The van der Waals surface area contributed by atoms with Crippen molar-refractivity contribution in [2.45, 2.75) is 13.0 Å². The summed E-state index contributed by atoms with van der Waals surface area (Å²) in [7, 11) is 0. The first-order valence-electron chi connectivity index (χ1n) is 4.13. The lowest BCUT2D eigenvalue weighted by Crippen LogP contribution is -1.89. The molecule has 1 aromatic heterocycles. The van der Waals surface area contributed by atoms with Crippen molar-refractivity contribution in [1.82, 2.24) is 4.98 Å². The number of aromatic nitrogens is 1. The molecule has 0 radical (unpaired) electrons. The van der Waals surface area contributed by atoms with Gasteiger partial charge in [-0.25, -0.2) is 4.39 Å². The van der Waals surface area contributed by atoms with Crippen molar-refractivity contribution in [2.24, 2.45) is 0 Å². The predicted octanol–water partition coefficient (Wildman–Crippen LogP) is 2.36. The molecule has 0 saturated carbocycles. The number of rotatable bonds is 1. The molecule has 0 aliphatic heterocycles. The Morgan fingerprint density at radius 3 is 2.85 bits per heavy atom. The molecule has 0 amide bonds. The van der Waals surface area contributed by atoms with Crippen LogP contribution in [0.5, 0.6) is 0 Å². The number of aliphatic hydroxyl groups excluding tert-OH is 1. The molecule has 68 valence electrons. The summed E-state index contributed by atoms with van der Waals surface area (Å²) >= 11 is 0. The van der Waals surface area contributed by atoms with Crippen molar-refractivity contribution >= 4 is 10.9 Å². The molecule has 1 aromatic carbocycles. The summed E-state index contributed by atoms with van der Waals surface area (Å²) in [6.45, 7) is 1.67. The van der Waals surface area contributed by atoms with Crippen molar-refractivity contribution in [3.63, 3.8) is 0 Å². The van der Waals surface area contributed by atoms with Crippen molar-refractivity contribution < 1.29 is 9.50 Å². The van der Waals surface area contributed by atoms with Gasteiger partial charge >= 0.3 is 0 Å². The van der Waals surface area contributed by atoms with Crippen molar-refractivity contribution in [3.05, 3.63) is 35.8 Å². The van der Waals surface area contributed by atoms with E-state index < -0.39 is 6.10 Å². The van der Waals surface area contributed by atoms with Gasteiger partial charge < -0.3 is 10.1 Å². The van der Waals surface area contributed by atoms with Gasteiger partial charge in [0, 0.05) is 11.2 Å². The molecule has 2 N–H and O–H groups in total. The molecule has 0 spiro atoms. The summed E-state index contributed by atoms with van der Waals surface area (Å²) in [5, 5.41) is 10.2. The lowest BCUT2D eigenvalue weighted by atomic mass is 10.2. The van der Waals surface area contributed by atoms with E-state index in [-0.39, 0.29) is 5.82 Å². The van der Waals surface area contributed by atoms with Crippen LogP contribution in [0.2, 0.25) is 0 Å². The van der Waals surface area contributed by atoms with E-state index >= 15 is 0 Å². The van der Waals surface area contributed by atoms with Crippen LogP contribution in [0, 0.1) is 5.82 Å². The average molecular weight is 179 g/mol. The van der Waals surface area contributed by atoms with Crippen LogP contribution < -0.4 is 0 Å². The average Bonchev–Trinajstić information content (AvgIpc) is 2.46. The van der Waals surface area contributed by atoms with Crippen molar-refractivity contribution in [1.29, 1.82) is 0 Å². The summed E-state index contributed by atoms with van der Waals surface area (Å²) < 4.78 is 12.8.